The third-order valence-corrected chi connectivity index (χ3v) is 5.05. The summed E-state index contributed by atoms with van der Waals surface area (Å²) in [5.41, 5.74) is 1.77. The van der Waals surface area contributed by atoms with Gasteiger partial charge in [0.05, 0.1) is 52.9 Å². The highest BCUT2D eigenvalue weighted by atomic mass is 16.6. The van der Waals surface area contributed by atoms with Crippen molar-refractivity contribution >= 4 is 11.8 Å². The molecule has 0 radical (unpaired) electrons. The second-order valence-corrected chi connectivity index (χ2v) is 8.45. The van der Waals surface area contributed by atoms with Gasteiger partial charge in [-0.25, -0.2) is 0 Å². The van der Waals surface area contributed by atoms with Crippen LogP contribution in [-0.4, -0.2) is 117 Å². The summed E-state index contributed by atoms with van der Waals surface area (Å²) in [6.07, 6.45) is 2.04. The molecule has 0 saturated heterocycles. The highest BCUT2D eigenvalue weighted by Gasteiger charge is 2.05. The molecule has 1 aromatic heterocycles. The van der Waals surface area contributed by atoms with Gasteiger partial charge in [-0.3, -0.25) is 9.59 Å². The Morgan fingerprint density at radius 1 is 0.737 bits per heavy atom. The maximum Gasteiger partial charge on any atom is 0.222 e. The third-order valence-electron chi connectivity index (χ3n) is 5.05. The Labute approximate surface area is 223 Å². The van der Waals surface area contributed by atoms with Crippen molar-refractivity contribution in [2.45, 2.75) is 19.4 Å². The van der Waals surface area contributed by atoms with E-state index in [1.54, 1.807) is 0 Å². The first-order chi connectivity index (χ1) is 18.5. The normalized spacial score (nSPS) is 11.0. The van der Waals surface area contributed by atoms with Crippen LogP contribution in [0.25, 0.3) is 11.4 Å². The summed E-state index contributed by atoms with van der Waals surface area (Å²) in [6.45, 7) is 5.09. The molecular formula is C25H39N7O6. The molecule has 0 bridgehead atoms. The number of benzene rings is 1. The minimum atomic E-state index is -0.0860. The zero-order valence-electron chi connectivity index (χ0n) is 22.3. The first-order valence-corrected chi connectivity index (χ1v) is 12.6. The van der Waals surface area contributed by atoms with Gasteiger partial charge in [-0.1, -0.05) is 24.3 Å². The average molecular weight is 534 g/mol. The molecule has 0 spiro atoms. The van der Waals surface area contributed by atoms with Gasteiger partial charge in [-0.05, 0) is 19.7 Å². The molecule has 2 amide bonds. The zero-order valence-corrected chi connectivity index (χ0v) is 22.3. The van der Waals surface area contributed by atoms with Gasteiger partial charge >= 0.3 is 0 Å². The molecule has 0 fully saturated rings. The van der Waals surface area contributed by atoms with Crippen LogP contribution in [-0.2, 0) is 35.1 Å². The number of aromatic nitrogens is 4. The van der Waals surface area contributed by atoms with E-state index >= 15 is 0 Å². The van der Waals surface area contributed by atoms with Crippen LogP contribution < -0.4 is 10.6 Å². The highest BCUT2D eigenvalue weighted by Crippen LogP contribution is 2.13. The number of nitrogens with zero attached hydrogens (tertiary/aromatic N) is 5. The summed E-state index contributed by atoms with van der Waals surface area (Å²) in [5, 5.41) is 20.9. The number of nitrogens with one attached hydrogen (secondary N) is 2. The van der Waals surface area contributed by atoms with E-state index < -0.39 is 0 Å². The summed E-state index contributed by atoms with van der Waals surface area (Å²) in [6, 6.07) is 7.51. The summed E-state index contributed by atoms with van der Waals surface area (Å²) < 4.78 is 21.7. The molecule has 0 atom stereocenters. The topological polar surface area (TPSA) is 150 Å². The molecule has 0 saturated carbocycles. The lowest BCUT2D eigenvalue weighted by molar-refractivity contribution is -0.123. The molecule has 38 heavy (non-hydrogen) atoms. The fraction of sp³-hybridized carbons (Fsp3) is 0.600. The number of ether oxygens (including phenoxy) is 4. The fourth-order valence-corrected chi connectivity index (χ4v) is 2.98. The highest BCUT2D eigenvalue weighted by molar-refractivity contribution is 5.76. The lowest BCUT2D eigenvalue weighted by Gasteiger charge is -2.10. The van der Waals surface area contributed by atoms with Crippen LogP contribution in [0.5, 0.6) is 0 Å². The van der Waals surface area contributed by atoms with Crippen LogP contribution in [0.2, 0.25) is 0 Å². The van der Waals surface area contributed by atoms with Gasteiger partial charge < -0.3 is 34.5 Å². The molecule has 1 heterocycles. The van der Waals surface area contributed by atoms with Gasteiger partial charge in [0.25, 0.3) is 0 Å². The van der Waals surface area contributed by atoms with Gasteiger partial charge in [0.15, 0.2) is 6.33 Å². The lowest BCUT2D eigenvalue weighted by atomic mass is 10.1. The molecule has 2 N–H and O–H groups in total. The predicted molar refractivity (Wildman–Crippen MR) is 139 cm³/mol. The van der Waals surface area contributed by atoms with E-state index in [0.717, 1.165) is 17.7 Å². The van der Waals surface area contributed by atoms with E-state index in [1.165, 1.54) is 6.33 Å². The standard InChI is InChI=1S/C25H39N7O6/c1-32(2)10-7-23(33)26-9-12-36-14-16-38-18-17-37-15-13-35-11-8-24(34)27-19-21-3-5-22(6-4-21)25-30-28-20-29-31-25/h3-6,20H,7-19H2,1-2H3,(H,26,33)(H,27,34). The number of rotatable bonds is 21. The second kappa shape index (κ2) is 19.9. The Balaban J connectivity index is 1.34. The average Bonchev–Trinajstić information content (AvgIpc) is 2.93. The van der Waals surface area contributed by atoms with Crippen molar-refractivity contribution in [2.75, 3.05) is 80.0 Å². The van der Waals surface area contributed by atoms with Crippen molar-refractivity contribution in [3.8, 4) is 11.4 Å². The number of hydrogen-bond acceptors (Lipinski definition) is 11. The molecule has 0 unspecified atom stereocenters. The van der Waals surface area contributed by atoms with Crippen molar-refractivity contribution in [1.82, 2.24) is 35.9 Å². The second-order valence-electron chi connectivity index (χ2n) is 8.45. The Kier molecular flexibility index (Phi) is 16.3. The molecule has 0 aliphatic rings. The summed E-state index contributed by atoms with van der Waals surface area (Å²) in [5.74, 6) is 0.391. The maximum atomic E-state index is 12.0. The molecule has 13 heteroatoms. The molecule has 13 nitrogen and oxygen atoms in total. The first-order valence-electron chi connectivity index (χ1n) is 12.6. The van der Waals surface area contributed by atoms with Gasteiger partial charge in [-0.2, -0.15) is 0 Å². The quantitative estimate of drug-likeness (QED) is 0.210. The molecule has 2 aromatic rings. The van der Waals surface area contributed by atoms with Crippen LogP contribution in [0.4, 0.5) is 0 Å². The maximum absolute atomic E-state index is 12.0. The van der Waals surface area contributed by atoms with Gasteiger partial charge in [0, 0.05) is 38.0 Å². The zero-order chi connectivity index (χ0) is 27.3. The SMILES string of the molecule is CN(C)CCC(=O)NCCOCCOCCOCCOCCC(=O)NCc1ccc(-c2nncnn2)cc1. The van der Waals surface area contributed by atoms with Crippen LogP contribution in [0.15, 0.2) is 30.6 Å². The number of carbonyl (C=O) groups is 2. The van der Waals surface area contributed by atoms with Crippen LogP contribution in [0.1, 0.15) is 18.4 Å². The van der Waals surface area contributed by atoms with E-state index in [9.17, 15) is 9.59 Å². The van der Waals surface area contributed by atoms with Crippen molar-refractivity contribution in [3.05, 3.63) is 36.2 Å². The Morgan fingerprint density at radius 3 is 1.89 bits per heavy atom. The van der Waals surface area contributed by atoms with E-state index in [-0.39, 0.29) is 18.2 Å². The Bertz CT molecular complexity index is 903. The molecule has 2 rings (SSSR count). The smallest absolute Gasteiger partial charge is 0.222 e. The van der Waals surface area contributed by atoms with E-state index in [2.05, 4.69) is 31.0 Å². The van der Waals surface area contributed by atoms with E-state index in [1.807, 2.05) is 43.3 Å². The molecule has 0 aliphatic heterocycles. The van der Waals surface area contributed by atoms with Crippen molar-refractivity contribution in [1.29, 1.82) is 0 Å². The summed E-state index contributed by atoms with van der Waals surface area (Å²) in [4.78, 5) is 25.5. The lowest BCUT2D eigenvalue weighted by Crippen LogP contribution is -2.30. The van der Waals surface area contributed by atoms with E-state index in [0.29, 0.717) is 78.2 Å². The molecule has 1 aromatic carbocycles. The third kappa shape index (κ3) is 15.2. The Morgan fingerprint density at radius 2 is 1.29 bits per heavy atom. The number of amides is 2. The van der Waals surface area contributed by atoms with Crippen molar-refractivity contribution in [3.63, 3.8) is 0 Å². The summed E-state index contributed by atoms with van der Waals surface area (Å²) in [7, 11) is 3.87. The largest absolute Gasteiger partial charge is 0.379 e. The minimum Gasteiger partial charge on any atom is -0.379 e. The monoisotopic (exact) mass is 533 g/mol. The van der Waals surface area contributed by atoms with Crippen LogP contribution >= 0.6 is 0 Å². The number of hydrogen-bond donors (Lipinski definition) is 2. The van der Waals surface area contributed by atoms with Gasteiger partial charge in [0.1, 0.15) is 0 Å². The molecular weight excluding hydrogens is 494 g/mol. The predicted octanol–water partition coefficient (Wildman–Crippen LogP) is 0.0742. The molecule has 0 aliphatic carbocycles. The fourth-order valence-electron chi connectivity index (χ4n) is 2.98. The van der Waals surface area contributed by atoms with Gasteiger partial charge in [0.2, 0.25) is 17.6 Å². The molecule has 210 valence electrons. The van der Waals surface area contributed by atoms with Crippen molar-refractivity contribution < 1.29 is 28.5 Å². The summed E-state index contributed by atoms with van der Waals surface area (Å²) >= 11 is 0. The van der Waals surface area contributed by atoms with Crippen LogP contribution in [0.3, 0.4) is 0 Å². The minimum absolute atomic E-state index is 0.0253. The van der Waals surface area contributed by atoms with Gasteiger partial charge in [-0.15, -0.1) is 20.4 Å². The first kappa shape index (κ1) is 31.1. The number of carbonyl (C=O) groups excluding carboxylic acids is 2. The Hall–Kier alpha value is -3.10. The van der Waals surface area contributed by atoms with E-state index in [4.69, 9.17) is 18.9 Å². The van der Waals surface area contributed by atoms with Crippen molar-refractivity contribution in [2.24, 2.45) is 0 Å². The van der Waals surface area contributed by atoms with Crippen LogP contribution in [0, 0.1) is 0 Å².